The molecule has 0 N–H and O–H groups in total. The number of fused-ring (bicyclic) bond motifs is 1. The fourth-order valence-corrected chi connectivity index (χ4v) is 4.79. The number of hydrogen-bond donors (Lipinski definition) is 0. The number of hydrogen-bond acceptors (Lipinski definition) is 5. The number of aromatic nitrogens is 1. The van der Waals surface area contributed by atoms with Crippen LogP contribution in [0.4, 0.5) is 5.88 Å². The second-order valence-electron chi connectivity index (χ2n) is 8.28. The molecule has 0 aliphatic heterocycles. The summed E-state index contributed by atoms with van der Waals surface area (Å²) in [4.78, 5) is 4.59. The molecule has 0 fully saturated rings. The smallest absolute Gasteiger partial charge is 0.238 e. The van der Waals surface area contributed by atoms with Crippen LogP contribution in [-0.4, -0.2) is 10.8 Å². The summed E-state index contributed by atoms with van der Waals surface area (Å²) in [7, 11) is 0. The average molecular weight is 526 g/mol. The van der Waals surface area contributed by atoms with Gasteiger partial charge in [-0.3, -0.25) is 0 Å². The zero-order valence-corrected chi connectivity index (χ0v) is 20.7. The van der Waals surface area contributed by atoms with Gasteiger partial charge in [-0.2, -0.15) is 5.26 Å². The van der Waals surface area contributed by atoms with Crippen molar-refractivity contribution in [1.29, 1.82) is 5.26 Å². The van der Waals surface area contributed by atoms with Crippen molar-refractivity contribution in [3.05, 3.63) is 112 Å². The maximum Gasteiger partial charge on any atom is 0.238 e. The Balaban J connectivity index is 1.43. The summed E-state index contributed by atoms with van der Waals surface area (Å²) in [5, 5.41) is 12.2. The summed E-state index contributed by atoms with van der Waals surface area (Å²) in [5.74, 6) is 1.51. The third-order valence-corrected chi connectivity index (χ3v) is 6.60. The number of furan rings is 3. The van der Waals surface area contributed by atoms with Gasteiger partial charge in [0.2, 0.25) is 5.88 Å². The van der Waals surface area contributed by atoms with E-state index in [0.717, 1.165) is 22.0 Å². The Hall–Kier alpha value is -4.44. The first-order valence-electron chi connectivity index (χ1n) is 11.3. The van der Waals surface area contributed by atoms with Gasteiger partial charge in [0.05, 0.1) is 18.1 Å². The molecule has 8 heteroatoms. The van der Waals surface area contributed by atoms with Gasteiger partial charge in [0.25, 0.3) is 0 Å². The molecule has 0 saturated carbocycles. The molecular formula is C29H17Cl2N3O3. The van der Waals surface area contributed by atoms with Crippen LogP contribution in [0.5, 0.6) is 0 Å². The monoisotopic (exact) mass is 525 g/mol. The van der Waals surface area contributed by atoms with Gasteiger partial charge >= 0.3 is 0 Å². The molecule has 0 aliphatic rings. The molecule has 6 aromatic rings. The van der Waals surface area contributed by atoms with Crippen LogP contribution in [0.1, 0.15) is 16.7 Å². The standard InChI is InChI=1S/C29H17Cl2N3O3/c30-20-10-9-18(23(31)13-20)16-34-17-19(21-5-1-2-6-24(21)34)15-33-29-22(14-32)27(25-7-3-11-35-25)28(37-29)26-8-4-12-36-26/h1-13,15,17H,16H2. The quantitative estimate of drug-likeness (QED) is 0.203. The van der Waals surface area contributed by atoms with Crippen LogP contribution in [0.15, 0.2) is 104 Å². The predicted octanol–water partition coefficient (Wildman–Crippen LogP) is 8.73. The Morgan fingerprint density at radius 3 is 2.46 bits per heavy atom. The van der Waals surface area contributed by atoms with E-state index in [2.05, 4.69) is 15.6 Å². The molecule has 4 heterocycles. The largest absolute Gasteiger partial charge is 0.464 e. The van der Waals surface area contributed by atoms with Crippen LogP contribution in [0, 0.1) is 11.3 Å². The lowest BCUT2D eigenvalue weighted by molar-refractivity contribution is 0.527. The second-order valence-corrected chi connectivity index (χ2v) is 9.12. The van der Waals surface area contributed by atoms with Crippen LogP contribution < -0.4 is 0 Å². The number of para-hydroxylation sites is 1. The minimum absolute atomic E-state index is 0.165. The highest BCUT2D eigenvalue weighted by molar-refractivity contribution is 6.35. The summed E-state index contributed by atoms with van der Waals surface area (Å²) in [6, 6.07) is 22.7. The van der Waals surface area contributed by atoms with E-state index in [9.17, 15) is 5.26 Å². The third-order valence-electron chi connectivity index (χ3n) is 6.01. The number of aliphatic imine (C=N–C) groups is 1. The lowest BCUT2D eigenvalue weighted by Gasteiger charge is -2.08. The fraction of sp³-hybridized carbons (Fsp3) is 0.0345. The maximum atomic E-state index is 10.0. The van der Waals surface area contributed by atoms with Crippen LogP contribution in [0.25, 0.3) is 33.7 Å². The SMILES string of the molecule is N#Cc1c(N=Cc2cn(Cc3ccc(Cl)cc3Cl)c3ccccc23)oc(-c2ccco2)c1-c1ccco1. The Labute approximate surface area is 221 Å². The van der Waals surface area contributed by atoms with Gasteiger partial charge in [0.1, 0.15) is 17.4 Å². The first-order valence-corrected chi connectivity index (χ1v) is 12.1. The Morgan fingerprint density at radius 2 is 1.73 bits per heavy atom. The minimum atomic E-state index is 0.165. The molecule has 0 spiro atoms. The van der Waals surface area contributed by atoms with E-state index < -0.39 is 0 Å². The molecular weight excluding hydrogens is 509 g/mol. The topological polar surface area (TPSA) is 80.5 Å². The molecule has 0 radical (unpaired) electrons. The van der Waals surface area contributed by atoms with Crippen LogP contribution in [0.2, 0.25) is 10.0 Å². The van der Waals surface area contributed by atoms with Crippen molar-refractivity contribution in [2.75, 3.05) is 0 Å². The van der Waals surface area contributed by atoms with E-state index in [0.29, 0.717) is 39.4 Å². The zero-order valence-electron chi connectivity index (χ0n) is 19.2. The molecule has 0 aliphatic carbocycles. The van der Waals surface area contributed by atoms with Gasteiger partial charge in [0.15, 0.2) is 11.5 Å². The van der Waals surface area contributed by atoms with Crippen LogP contribution in [0.3, 0.4) is 0 Å². The van der Waals surface area contributed by atoms with Crippen molar-refractivity contribution in [3.8, 4) is 28.9 Å². The Bertz CT molecular complexity index is 1790. The highest BCUT2D eigenvalue weighted by atomic mass is 35.5. The van der Waals surface area contributed by atoms with E-state index in [-0.39, 0.29) is 11.4 Å². The molecule has 0 saturated heterocycles. The molecule has 4 aromatic heterocycles. The van der Waals surface area contributed by atoms with E-state index in [4.69, 9.17) is 36.5 Å². The van der Waals surface area contributed by atoms with Crippen LogP contribution >= 0.6 is 23.2 Å². The molecule has 0 unspecified atom stereocenters. The number of nitrogens with zero attached hydrogens (tertiary/aromatic N) is 3. The van der Waals surface area contributed by atoms with Gasteiger partial charge in [-0.25, -0.2) is 4.99 Å². The highest BCUT2D eigenvalue weighted by Crippen LogP contribution is 2.43. The molecule has 37 heavy (non-hydrogen) atoms. The molecule has 6 nitrogen and oxygen atoms in total. The van der Waals surface area contributed by atoms with E-state index in [1.165, 1.54) is 0 Å². The summed E-state index contributed by atoms with van der Waals surface area (Å²) in [6.07, 6.45) is 6.77. The molecule has 0 bridgehead atoms. The summed E-state index contributed by atoms with van der Waals surface area (Å²) < 4.78 is 19.3. The van der Waals surface area contributed by atoms with E-state index in [1.54, 1.807) is 49.1 Å². The summed E-state index contributed by atoms with van der Waals surface area (Å²) in [5.41, 5.74) is 3.57. The predicted molar refractivity (Wildman–Crippen MR) is 144 cm³/mol. The van der Waals surface area contributed by atoms with Gasteiger partial charge in [-0.05, 0) is 48.0 Å². The first-order chi connectivity index (χ1) is 18.1. The van der Waals surface area contributed by atoms with Gasteiger partial charge < -0.3 is 17.8 Å². The number of nitriles is 1. The van der Waals surface area contributed by atoms with Gasteiger partial charge in [-0.1, -0.05) is 47.5 Å². The molecule has 0 atom stereocenters. The Kier molecular flexibility index (Phi) is 5.93. The zero-order chi connectivity index (χ0) is 25.4. The second kappa shape index (κ2) is 9.55. The fourth-order valence-electron chi connectivity index (χ4n) is 4.32. The molecule has 180 valence electrons. The maximum absolute atomic E-state index is 10.0. The highest BCUT2D eigenvalue weighted by Gasteiger charge is 2.26. The summed E-state index contributed by atoms with van der Waals surface area (Å²) >= 11 is 12.5. The van der Waals surface area contributed by atoms with Crippen LogP contribution in [-0.2, 0) is 6.54 Å². The van der Waals surface area contributed by atoms with Gasteiger partial charge in [-0.15, -0.1) is 0 Å². The lowest BCUT2D eigenvalue weighted by Crippen LogP contribution is -1.98. The van der Waals surface area contributed by atoms with Crippen molar-refractivity contribution in [3.63, 3.8) is 0 Å². The normalized spacial score (nSPS) is 11.5. The van der Waals surface area contributed by atoms with Crippen molar-refractivity contribution in [1.82, 2.24) is 4.57 Å². The first kappa shape index (κ1) is 23.0. The number of halogens is 2. The van der Waals surface area contributed by atoms with E-state index in [1.807, 2.05) is 42.6 Å². The Morgan fingerprint density at radius 1 is 0.946 bits per heavy atom. The summed E-state index contributed by atoms with van der Waals surface area (Å²) in [6.45, 7) is 0.555. The van der Waals surface area contributed by atoms with Gasteiger partial charge in [0, 0.05) is 45.5 Å². The molecule has 6 rings (SSSR count). The average Bonchev–Trinajstić information content (AvgIpc) is 3.70. The van der Waals surface area contributed by atoms with E-state index >= 15 is 0 Å². The lowest BCUT2D eigenvalue weighted by atomic mass is 10.1. The number of rotatable bonds is 6. The van der Waals surface area contributed by atoms with Crippen molar-refractivity contribution in [2.45, 2.75) is 6.54 Å². The minimum Gasteiger partial charge on any atom is -0.464 e. The van der Waals surface area contributed by atoms with Crippen molar-refractivity contribution < 1.29 is 13.3 Å². The molecule has 0 amide bonds. The van der Waals surface area contributed by atoms with Crippen molar-refractivity contribution in [2.24, 2.45) is 4.99 Å². The van der Waals surface area contributed by atoms with Crippen molar-refractivity contribution >= 4 is 46.2 Å². The molecule has 2 aromatic carbocycles. The number of benzene rings is 2. The third kappa shape index (κ3) is 4.25.